The maximum Gasteiger partial charge on any atom is 0.326 e. The lowest BCUT2D eigenvalue weighted by Gasteiger charge is -2.11. The summed E-state index contributed by atoms with van der Waals surface area (Å²) in [5, 5.41) is 11.8. The first-order valence-corrected chi connectivity index (χ1v) is 4.76. The number of nitrogens with zero attached hydrogens (tertiary/aromatic N) is 1. The van der Waals surface area contributed by atoms with Crippen LogP contribution < -0.4 is 5.32 Å². The quantitative estimate of drug-likeness (QED) is 0.703. The van der Waals surface area contributed by atoms with Crippen molar-refractivity contribution in [2.75, 3.05) is 5.32 Å². The fourth-order valence-electron chi connectivity index (χ4n) is 1.34. The van der Waals surface area contributed by atoms with Gasteiger partial charge in [0.2, 0.25) is 0 Å². The Hall–Kier alpha value is -2.24. The number of carboxylic acids is 1. The molecule has 2 aromatic heterocycles. The van der Waals surface area contributed by atoms with Gasteiger partial charge in [0, 0.05) is 18.7 Å². The summed E-state index contributed by atoms with van der Waals surface area (Å²) in [5.74, 6) is -0.512. The van der Waals surface area contributed by atoms with Crippen LogP contribution in [-0.4, -0.2) is 27.1 Å². The van der Waals surface area contributed by atoms with E-state index in [2.05, 4.69) is 15.3 Å². The molecule has 1 unspecified atom stereocenters. The van der Waals surface area contributed by atoms with Crippen molar-refractivity contribution in [1.82, 2.24) is 9.97 Å². The number of anilines is 1. The third kappa shape index (κ3) is 2.41. The lowest BCUT2D eigenvalue weighted by atomic mass is 10.1. The Kier molecular flexibility index (Phi) is 2.90. The second kappa shape index (κ2) is 4.52. The Morgan fingerprint density at radius 1 is 1.69 bits per heavy atom. The summed E-state index contributed by atoms with van der Waals surface area (Å²) in [4.78, 5) is 17.8. The molecule has 0 aliphatic rings. The van der Waals surface area contributed by atoms with Crippen LogP contribution in [0.5, 0.6) is 0 Å². The highest BCUT2D eigenvalue weighted by Gasteiger charge is 2.19. The van der Waals surface area contributed by atoms with Crippen LogP contribution in [0, 0.1) is 0 Å². The maximum absolute atomic E-state index is 11.0. The molecule has 3 N–H and O–H groups in total. The molecule has 0 radical (unpaired) electrons. The zero-order valence-electron chi connectivity index (χ0n) is 8.38. The molecule has 0 bridgehead atoms. The van der Waals surface area contributed by atoms with Gasteiger partial charge in [-0.25, -0.2) is 9.78 Å². The number of rotatable bonds is 5. The van der Waals surface area contributed by atoms with E-state index < -0.39 is 12.0 Å². The van der Waals surface area contributed by atoms with Gasteiger partial charge < -0.3 is 19.8 Å². The Morgan fingerprint density at radius 2 is 2.56 bits per heavy atom. The summed E-state index contributed by atoms with van der Waals surface area (Å²) in [5.41, 5.74) is 0.687. The predicted molar refractivity (Wildman–Crippen MR) is 56.0 cm³/mol. The van der Waals surface area contributed by atoms with Crippen LogP contribution in [0.2, 0.25) is 0 Å². The highest BCUT2D eigenvalue weighted by atomic mass is 16.4. The number of nitrogens with one attached hydrogen (secondary N) is 2. The van der Waals surface area contributed by atoms with Gasteiger partial charge in [-0.3, -0.25) is 0 Å². The minimum atomic E-state index is -0.945. The molecule has 2 rings (SSSR count). The number of imidazole rings is 1. The molecule has 0 aromatic carbocycles. The topological polar surface area (TPSA) is 91.1 Å². The number of furan rings is 1. The number of carboxylic acid groups (broad SMARTS) is 1. The molecular weight excluding hydrogens is 210 g/mol. The van der Waals surface area contributed by atoms with Crippen molar-refractivity contribution in [3.8, 4) is 0 Å². The van der Waals surface area contributed by atoms with Gasteiger partial charge in [-0.15, -0.1) is 0 Å². The number of hydrogen-bond donors (Lipinski definition) is 3. The molecule has 0 amide bonds. The predicted octanol–water partition coefficient (Wildman–Crippen LogP) is 1.11. The summed E-state index contributed by atoms with van der Waals surface area (Å²) < 4.78 is 5.03. The molecule has 0 aliphatic carbocycles. The van der Waals surface area contributed by atoms with E-state index in [1.807, 2.05) is 0 Å². The Bertz CT molecular complexity index is 400. The molecule has 16 heavy (non-hydrogen) atoms. The van der Waals surface area contributed by atoms with Crippen LogP contribution in [0.15, 0.2) is 35.3 Å². The molecule has 1 atom stereocenters. The Labute approximate surface area is 91.3 Å². The molecule has 2 heterocycles. The summed E-state index contributed by atoms with van der Waals surface area (Å²) >= 11 is 0. The minimum Gasteiger partial charge on any atom is -0.480 e. The van der Waals surface area contributed by atoms with Gasteiger partial charge in [0.15, 0.2) is 5.88 Å². The molecule has 6 nitrogen and oxygen atoms in total. The summed E-state index contributed by atoms with van der Waals surface area (Å²) in [6.07, 6.45) is 4.95. The van der Waals surface area contributed by atoms with Crippen LogP contribution in [0.4, 0.5) is 5.88 Å². The van der Waals surface area contributed by atoms with Crippen LogP contribution in [0.1, 0.15) is 5.69 Å². The van der Waals surface area contributed by atoms with Gasteiger partial charge in [-0.1, -0.05) is 0 Å². The zero-order valence-corrected chi connectivity index (χ0v) is 8.38. The van der Waals surface area contributed by atoms with Crippen molar-refractivity contribution < 1.29 is 14.3 Å². The largest absolute Gasteiger partial charge is 0.480 e. The lowest BCUT2D eigenvalue weighted by Crippen LogP contribution is -2.31. The third-order valence-corrected chi connectivity index (χ3v) is 2.10. The van der Waals surface area contributed by atoms with Crippen LogP contribution in [0.3, 0.4) is 0 Å². The van der Waals surface area contributed by atoms with E-state index in [9.17, 15) is 4.79 Å². The van der Waals surface area contributed by atoms with Crippen molar-refractivity contribution in [2.24, 2.45) is 0 Å². The van der Waals surface area contributed by atoms with Crippen LogP contribution in [-0.2, 0) is 11.2 Å². The molecular formula is C10H11N3O3. The van der Waals surface area contributed by atoms with Gasteiger partial charge in [0.25, 0.3) is 0 Å². The van der Waals surface area contributed by atoms with Crippen LogP contribution >= 0.6 is 0 Å². The molecule has 0 spiro atoms. The average Bonchev–Trinajstić information content (AvgIpc) is 2.88. The number of hydrogen-bond acceptors (Lipinski definition) is 4. The SMILES string of the molecule is O=C(O)C(Cc1c[nH]cn1)Nc1ccco1. The second-order valence-corrected chi connectivity index (χ2v) is 3.28. The second-order valence-electron chi connectivity index (χ2n) is 3.28. The number of aliphatic carboxylic acids is 1. The Morgan fingerprint density at radius 3 is 3.12 bits per heavy atom. The highest BCUT2D eigenvalue weighted by molar-refractivity contribution is 5.77. The van der Waals surface area contributed by atoms with E-state index in [1.165, 1.54) is 12.6 Å². The highest BCUT2D eigenvalue weighted by Crippen LogP contribution is 2.10. The molecule has 0 saturated heterocycles. The number of carbonyl (C=O) groups is 1. The molecule has 6 heteroatoms. The smallest absolute Gasteiger partial charge is 0.326 e. The monoisotopic (exact) mass is 221 g/mol. The van der Waals surface area contributed by atoms with E-state index >= 15 is 0 Å². The van der Waals surface area contributed by atoms with Crippen molar-refractivity contribution >= 4 is 11.9 Å². The van der Waals surface area contributed by atoms with E-state index in [0.717, 1.165) is 0 Å². The first kappa shape index (κ1) is 10.3. The average molecular weight is 221 g/mol. The van der Waals surface area contributed by atoms with E-state index in [0.29, 0.717) is 18.0 Å². The zero-order chi connectivity index (χ0) is 11.4. The summed E-state index contributed by atoms with van der Waals surface area (Å²) in [7, 11) is 0. The van der Waals surface area contributed by atoms with E-state index in [1.54, 1.807) is 18.3 Å². The normalized spacial score (nSPS) is 12.2. The third-order valence-electron chi connectivity index (χ3n) is 2.10. The number of aromatic nitrogens is 2. The van der Waals surface area contributed by atoms with Crippen molar-refractivity contribution in [3.05, 3.63) is 36.6 Å². The molecule has 0 saturated carbocycles. The van der Waals surface area contributed by atoms with Crippen molar-refractivity contribution in [2.45, 2.75) is 12.5 Å². The van der Waals surface area contributed by atoms with Gasteiger partial charge in [-0.2, -0.15) is 0 Å². The van der Waals surface area contributed by atoms with Crippen molar-refractivity contribution in [1.29, 1.82) is 0 Å². The van der Waals surface area contributed by atoms with Gasteiger partial charge in [0.05, 0.1) is 18.3 Å². The van der Waals surface area contributed by atoms with Crippen molar-refractivity contribution in [3.63, 3.8) is 0 Å². The summed E-state index contributed by atoms with van der Waals surface area (Å²) in [6.45, 7) is 0. The Balaban J connectivity index is 2.03. The summed E-state index contributed by atoms with van der Waals surface area (Å²) in [6, 6.07) is 2.60. The van der Waals surface area contributed by atoms with E-state index in [-0.39, 0.29) is 0 Å². The van der Waals surface area contributed by atoms with Gasteiger partial charge in [-0.05, 0) is 6.07 Å². The van der Waals surface area contributed by atoms with Crippen LogP contribution in [0.25, 0.3) is 0 Å². The minimum absolute atomic E-state index is 0.291. The molecule has 2 aromatic rings. The van der Waals surface area contributed by atoms with Gasteiger partial charge in [0.1, 0.15) is 6.04 Å². The van der Waals surface area contributed by atoms with E-state index in [4.69, 9.17) is 9.52 Å². The fraction of sp³-hybridized carbons (Fsp3) is 0.200. The molecule has 0 fully saturated rings. The first-order chi connectivity index (χ1) is 7.75. The fourth-order valence-corrected chi connectivity index (χ4v) is 1.34. The van der Waals surface area contributed by atoms with Gasteiger partial charge >= 0.3 is 5.97 Å². The molecule has 0 aliphatic heterocycles. The maximum atomic E-state index is 11.0. The standard InChI is InChI=1S/C10H11N3O3/c14-10(15)8(4-7-5-11-6-12-7)13-9-2-1-3-16-9/h1-3,5-6,8,13H,4H2,(H,11,12)(H,14,15). The first-order valence-electron chi connectivity index (χ1n) is 4.76. The molecule has 84 valence electrons. The number of aromatic amines is 1. The number of H-pyrrole nitrogens is 1. The lowest BCUT2D eigenvalue weighted by molar-refractivity contribution is -0.137.